The maximum Gasteiger partial charge on any atom is 0.333 e. The van der Waals surface area contributed by atoms with Crippen molar-refractivity contribution in [1.82, 2.24) is 0 Å². The molecule has 0 saturated heterocycles. The molecule has 0 aliphatic heterocycles. The smallest absolute Gasteiger partial charge is 0.333 e. The number of hydrogen-bond donors (Lipinski definition) is 2. The molecule has 1 rings (SSSR count). The topological polar surface area (TPSA) is 98.8 Å². The molecule has 0 aromatic heterocycles. The third kappa shape index (κ3) is 3.74. The van der Waals surface area contributed by atoms with E-state index in [1.165, 1.54) is 25.3 Å². The van der Waals surface area contributed by atoms with Gasteiger partial charge in [-0.25, -0.2) is 5.14 Å². The van der Waals surface area contributed by atoms with Crippen LogP contribution in [0, 0.1) is 0 Å². The lowest BCUT2D eigenvalue weighted by Gasteiger charge is -2.06. The number of benzene rings is 1. The molecule has 0 unspecified atom stereocenters. The van der Waals surface area contributed by atoms with Crippen molar-refractivity contribution in [2.24, 2.45) is 5.14 Å². The number of phenols is 1. The molecule has 15 heavy (non-hydrogen) atoms. The molecule has 7 heteroatoms. The molecule has 0 fully saturated rings. The van der Waals surface area contributed by atoms with E-state index in [1.54, 1.807) is 0 Å². The molecule has 0 atom stereocenters. The highest BCUT2D eigenvalue weighted by molar-refractivity contribution is 7.84. The van der Waals surface area contributed by atoms with Crippen LogP contribution < -0.4 is 9.88 Å². The number of ether oxygens (including phenoxy) is 1. The summed E-state index contributed by atoms with van der Waals surface area (Å²) in [5.74, 6) is 0.403. The Hall–Kier alpha value is -1.31. The van der Waals surface area contributed by atoms with Crippen molar-refractivity contribution in [2.75, 3.05) is 7.11 Å². The molecular formula is C8H11NO5S. The van der Waals surface area contributed by atoms with Crippen LogP contribution in [0.1, 0.15) is 5.56 Å². The fourth-order valence-corrected chi connectivity index (χ4v) is 1.24. The lowest BCUT2D eigenvalue weighted by molar-refractivity contribution is 0.301. The van der Waals surface area contributed by atoms with Gasteiger partial charge in [0.05, 0.1) is 13.7 Å². The van der Waals surface area contributed by atoms with E-state index < -0.39 is 10.3 Å². The van der Waals surface area contributed by atoms with Crippen LogP contribution >= 0.6 is 0 Å². The molecule has 0 aliphatic carbocycles. The van der Waals surface area contributed by atoms with Gasteiger partial charge in [0.25, 0.3) is 0 Å². The van der Waals surface area contributed by atoms with Crippen molar-refractivity contribution < 1.29 is 22.4 Å². The molecule has 0 bridgehead atoms. The second kappa shape index (κ2) is 4.47. The third-order valence-corrected chi connectivity index (χ3v) is 2.11. The lowest BCUT2D eigenvalue weighted by atomic mass is 10.2. The van der Waals surface area contributed by atoms with E-state index in [1.807, 2.05) is 0 Å². The van der Waals surface area contributed by atoms with E-state index in [-0.39, 0.29) is 17.9 Å². The van der Waals surface area contributed by atoms with Crippen molar-refractivity contribution in [3.63, 3.8) is 0 Å². The van der Waals surface area contributed by atoms with Gasteiger partial charge in [0, 0.05) is 5.56 Å². The van der Waals surface area contributed by atoms with Crippen LogP contribution in [-0.2, 0) is 21.1 Å². The zero-order valence-corrected chi connectivity index (χ0v) is 8.82. The summed E-state index contributed by atoms with van der Waals surface area (Å²) in [5, 5.41) is 14.0. The van der Waals surface area contributed by atoms with Crippen molar-refractivity contribution in [3.05, 3.63) is 23.8 Å². The predicted molar refractivity (Wildman–Crippen MR) is 52.6 cm³/mol. The van der Waals surface area contributed by atoms with Gasteiger partial charge in [-0.3, -0.25) is 4.18 Å². The van der Waals surface area contributed by atoms with Gasteiger partial charge < -0.3 is 9.84 Å². The van der Waals surface area contributed by atoms with Gasteiger partial charge in [0.15, 0.2) is 0 Å². The molecular weight excluding hydrogens is 222 g/mol. The molecule has 84 valence electrons. The second-order valence-electron chi connectivity index (χ2n) is 2.75. The zero-order chi connectivity index (χ0) is 11.5. The Morgan fingerprint density at radius 2 is 2.13 bits per heavy atom. The average Bonchev–Trinajstić information content (AvgIpc) is 2.15. The fraction of sp³-hybridized carbons (Fsp3) is 0.250. The monoisotopic (exact) mass is 233 g/mol. The second-order valence-corrected chi connectivity index (χ2v) is 3.97. The van der Waals surface area contributed by atoms with Gasteiger partial charge in [-0.05, 0) is 18.2 Å². The van der Waals surface area contributed by atoms with Crippen molar-refractivity contribution >= 4 is 10.3 Å². The number of rotatable bonds is 4. The molecule has 6 nitrogen and oxygen atoms in total. The number of nitrogens with two attached hydrogens (primary N) is 1. The minimum atomic E-state index is -4.01. The molecule has 0 amide bonds. The standard InChI is InChI=1S/C8H11NO5S/c1-13-7-2-3-8(10)6(4-7)5-14-15(9,11)12/h2-4,10H,5H2,1H3,(H2,9,11,12). The van der Waals surface area contributed by atoms with E-state index in [4.69, 9.17) is 4.74 Å². The molecule has 1 aromatic carbocycles. The maximum absolute atomic E-state index is 10.5. The largest absolute Gasteiger partial charge is 0.508 e. The quantitative estimate of drug-likeness (QED) is 0.769. The molecule has 0 heterocycles. The molecule has 0 saturated carbocycles. The highest BCUT2D eigenvalue weighted by Gasteiger charge is 2.08. The summed E-state index contributed by atoms with van der Waals surface area (Å²) in [7, 11) is -2.56. The van der Waals surface area contributed by atoms with E-state index in [2.05, 4.69) is 9.32 Å². The van der Waals surface area contributed by atoms with Crippen LogP contribution in [0.15, 0.2) is 18.2 Å². The maximum atomic E-state index is 10.5. The Bertz CT molecular complexity index is 442. The molecule has 3 N–H and O–H groups in total. The van der Waals surface area contributed by atoms with E-state index in [0.29, 0.717) is 5.75 Å². The highest BCUT2D eigenvalue weighted by atomic mass is 32.2. The Kier molecular flexibility index (Phi) is 3.51. The van der Waals surface area contributed by atoms with Gasteiger partial charge in [0.1, 0.15) is 11.5 Å². The van der Waals surface area contributed by atoms with Crippen LogP contribution in [0.3, 0.4) is 0 Å². The van der Waals surface area contributed by atoms with Gasteiger partial charge >= 0.3 is 10.3 Å². The van der Waals surface area contributed by atoms with Gasteiger partial charge in [0.2, 0.25) is 0 Å². The normalized spacial score (nSPS) is 11.3. The van der Waals surface area contributed by atoms with Crippen LogP contribution in [0.25, 0.3) is 0 Å². The van der Waals surface area contributed by atoms with Gasteiger partial charge in [-0.15, -0.1) is 0 Å². The lowest BCUT2D eigenvalue weighted by Crippen LogP contribution is -2.15. The van der Waals surface area contributed by atoms with Gasteiger partial charge in [-0.1, -0.05) is 0 Å². The highest BCUT2D eigenvalue weighted by Crippen LogP contribution is 2.23. The summed E-state index contributed by atoms with van der Waals surface area (Å²) in [4.78, 5) is 0. The van der Waals surface area contributed by atoms with Crippen molar-refractivity contribution in [3.8, 4) is 11.5 Å². The first-order chi connectivity index (χ1) is 6.92. The summed E-state index contributed by atoms with van der Waals surface area (Å²) in [6, 6.07) is 4.37. The Balaban J connectivity index is 2.84. The summed E-state index contributed by atoms with van der Waals surface area (Å²) in [6.45, 7) is -0.331. The molecule has 1 aromatic rings. The number of phenolic OH excluding ortho intramolecular Hbond substituents is 1. The van der Waals surface area contributed by atoms with E-state index in [0.717, 1.165) is 0 Å². The van der Waals surface area contributed by atoms with Crippen LogP contribution in [0.5, 0.6) is 11.5 Å². The molecule has 0 radical (unpaired) electrons. The zero-order valence-electron chi connectivity index (χ0n) is 8.00. The summed E-state index contributed by atoms with van der Waals surface area (Å²) in [6.07, 6.45) is 0. The molecule has 0 spiro atoms. The number of hydrogen-bond acceptors (Lipinski definition) is 5. The predicted octanol–water partition coefficient (Wildman–Crippen LogP) is 0.121. The minimum Gasteiger partial charge on any atom is -0.508 e. The average molecular weight is 233 g/mol. The third-order valence-electron chi connectivity index (χ3n) is 1.67. The first kappa shape index (κ1) is 11.8. The summed E-state index contributed by atoms with van der Waals surface area (Å²) in [5.41, 5.74) is 0.281. The van der Waals surface area contributed by atoms with Crippen LogP contribution in [0.4, 0.5) is 0 Å². The fourth-order valence-electron chi connectivity index (χ4n) is 0.950. The van der Waals surface area contributed by atoms with E-state index in [9.17, 15) is 13.5 Å². The first-order valence-electron chi connectivity index (χ1n) is 3.95. The van der Waals surface area contributed by atoms with Crippen molar-refractivity contribution in [2.45, 2.75) is 6.61 Å². The van der Waals surface area contributed by atoms with Crippen molar-refractivity contribution in [1.29, 1.82) is 0 Å². The Labute approximate surface area is 87.5 Å². The Morgan fingerprint density at radius 1 is 1.47 bits per heavy atom. The minimum absolute atomic E-state index is 0.0838. The van der Waals surface area contributed by atoms with E-state index >= 15 is 0 Å². The van der Waals surface area contributed by atoms with Gasteiger partial charge in [-0.2, -0.15) is 8.42 Å². The number of methoxy groups -OCH3 is 1. The van der Waals surface area contributed by atoms with Crippen LogP contribution in [0.2, 0.25) is 0 Å². The summed E-state index contributed by atoms with van der Waals surface area (Å²) < 4.78 is 30.3. The molecule has 0 aliphatic rings. The first-order valence-corrected chi connectivity index (χ1v) is 5.42. The summed E-state index contributed by atoms with van der Waals surface area (Å²) >= 11 is 0. The SMILES string of the molecule is COc1ccc(O)c(COS(N)(=O)=O)c1. The number of aromatic hydroxyl groups is 1. The van der Waals surface area contributed by atoms with Crippen LogP contribution in [-0.4, -0.2) is 20.6 Å². The Morgan fingerprint density at radius 3 is 2.67 bits per heavy atom.